The molecule has 0 aromatic heterocycles. The Morgan fingerprint density at radius 2 is 2.39 bits per heavy atom. The summed E-state index contributed by atoms with van der Waals surface area (Å²) in [7, 11) is 1.46. The number of nitrogens with one attached hydrogen (secondary N) is 1. The van der Waals surface area contributed by atoms with Crippen LogP contribution in [0.4, 0.5) is 10.1 Å². The van der Waals surface area contributed by atoms with E-state index < -0.39 is 0 Å². The number of hydrogen-bond acceptors (Lipinski definition) is 4. The molecule has 0 amide bonds. The molecule has 1 heterocycles. The van der Waals surface area contributed by atoms with Crippen LogP contribution >= 0.6 is 11.8 Å². The Hall–Kier alpha value is -1.23. The zero-order valence-electron chi connectivity index (χ0n) is 10.6. The predicted octanol–water partition coefficient (Wildman–Crippen LogP) is 3.52. The number of thioether (sulfide) groups is 1. The first-order valence-electron chi connectivity index (χ1n) is 6.04. The molecular weight excluding hydrogens is 251 g/mol. The minimum Gasteiger partial charge on any atom is -0.494 e. The number of anilines is 1. The van der Waals surface area contributed by atoms with E-state index in [-0.39, 0.29) is 11.6 Å². The molecule has 98 valence electrons. The summed E-state index contributed by atoms with van der Waals surface area (Å²) in [4.78, 5) is 4.44. The van der Waals surface area contributed by atoms with Gasteiger partial charge in [-0.1, -0.05) is 25.1 Å². The third kappa shape index (κ3) is 3.16. The normalized spacial score (nSPS) is 18.6. The van der Waals surface area contributed by atoms with Crippen molar-refractivity contribution in [3.63, 3.8) is 0 Å². The molecule has 1 unspecified atom stereocenters. The minimum atomic E-state index is -0.354. The van der Waals surface area contributed by atoms with Gasteiger partial charge in [0.15, 0.2) is 16.7 Å². The van der Waals surface area contributed by atoms with Crippen molar-refractivity contribution in [2.75, 3.05) is 19.0 Å². The summed E-state index contributed by atoms with van der Waals surface area (Å²) in [6, 6.07) is 4.73. The van der Waals surface area contributed by atoms with Gasteiger partial charge in [-0.05, 0) is 18.6 Å². The number of benzene rings is 1. The zero-order valence-corrected chi connectivity index (χ0v) is 11.4. The van der Waals surface area contributed by atoms with Gasteiger partial charge >= 0.3 is 0 Å². The number of nitrogens with zero attached hydrogens (tertiary/aromatic N) is 1. The van der Waals surface area contributed by atoms with Crippen molar-refractivity contribution in [1.82, 2.24) is 0 Å². The van der Waals surface area contributed by atoms with Gasteiger partial charge in [0.25, 0.3) is 0 Å². The predicted molar refractivity (Wildman–Crippen MR) is 75.2 cm³/mol. The summed E-state index contributed by atoms with van der Waals surface area (Å²) >= 11 is 1.75. The fraction of sp³-hybridized carbons (Fsp3) is 0.462. The van der Waals surface area contributed by atoms with E-state index in [1.165, 1.54) is 26.0 Å². The van der Waals surface area contributed by atoms with Crippen LogP contribution in [-0.2, 0) is 0 Å². The fourth-order valence-electron chi connectivity index (χ4n) is 1.82. The Bertz CT molecular complexity index is 451. The molecule has 3 nitrogen and oxygen atoms in total. The molecule has 1 aromatic carbocycles. The van der Waals surface area contributed by atoms with Crippen molar-refractivity contribution in [3.8, 4) is 5.75 Å². The highest BCUT2D eigenvalue weighted by Crippen LogP contribution is 2.27. The van der Waals surface area contributed by atoms with Gasteiger partial charge in [-0.2, -0.15) is 0 Å². The molecular formula is C13H17FN2OS. The molecule has 1 aromatic rings. The highest BCUT2D eigenvalue weighted by Gasteiger charge is 2.18. The molecule has 2 rings (SSSR count). The second kappa shape index (κ2) is 6.09. The van der Waals surface area contributed by atoms with E-state index in [0.29, 0.717) is 5.25 Å². The number of hydrogen-bond donors (Lipinski definition) is 1. The van der Waals surface area contributed by atoms with Crippen LogP contribution < -0.4 is 10.1 Å². The standard InChI is InChI=1S/C13H17FN2OS/c1-3-4-10-8-15-13(18-10)16-9-5-6-11(14)12(7-9)17-2/h5-7,10H,3-4,8H2,1-2H3,(H,15,16). The molecule has 0 saturated heterocycles. The van der Waals surface area contributed by atoms with E-state index in [9.17, 15) is 4.39 Å². The number of halogens is 1. The highest BCUT2D eigenvalue weighted by molar-refractivity contribution is 8.15. The van der Waals surface area contributed by atoms with Crippen molar-refractivity contribution >= 4 is 22.6 Å². The van der Waals surface area contributed by atoms with Crippen molar-refractivity contribution in [1.29, 1.82) is 0 Å². The van der Waals surface area contributed by atoms with E-state index in [2.05, 4.69) is 17.2 Å². The maximum Gasteiger partial charge on any atom is 0.165 e. The van der Waals surface area contributed by atoms with Crippen molar-refractivity contribution in [2.45, 2.75) is 25.0 Å². The SMILES string of the molecule is CCCC1CN=C(Nc2ccc(F)c(OC)c2)S1. The van der Waals surface area contributed by atoms with Crippen LogP contribution in [0.5, 0.6) is 5.75 Å². The van der Waals surface area contributed by atoms with Crippen LogP contribution in [-0.4, -0.2) is 24.1 Å². The second-order valence-corrected chi connectivity index (χ2v) is 5.44. The minimum absolute atomic E-state index is 0.244. The van der Waals surface area contributed by atoms with Crippen LogP contribution in [0.25, 0.3) is 0 Å². The summed E-state index contributed by atoms with van der Waals surface area (Å²) in [5.74, 6) is -0.110. The maximum absolute atomic E-state index is 13.3. The average molecular weight is 268 g/mol. The van der Waals surface area contributed by atoms with Crippen molar-refractivity contribution in [2.24, 2.45) is 4.99 Å². The summed E-state index contributed by atoms with van der Waals surface area (Å²) in [5.41, 5.74) is 0.802. The summed E-state index contributed by atoms with van der Waals surface area (Å²) in [6.07, 6.45) is 2.34. The topological polar surface area (TPSA) is 33.6 Å². The largest absolute Gasteiger partial charge is 0.494 e. The summed E-state index contributed by atoms with van der Waals surface area (Å²) < 4.78 is 18.2. The number of amidine groups is 1. The van der Waals surface area contributed by atoms with Gasteiger partial charge in [-0.3, -0.25) is 4.99 Å². The molecule has 0 radical (unpaired) electrons. The monoisotopic (exact) mass is 268 g/mol. The Kier molecular flexibility index (Phi) is 4.47. The van der Waals surface area contributed by atoms with Crippen LogP contribution in [0, 0.1) is 5.82 Å². The Balaban J connectivity index is 1.98. The molecule has 5 heteroatoms. The Morgan fingerprint density at radius 3 is 3.11 bits per heavy atom. The van der Waals surface area contributed by atoms with Crippen LogP contribution in [0.15, 0.2) is 23.2 Å². The quantitative estimate of drug-likeness (QED) is 0.907. The molecule has 1 atom stereocenters. The number of methoxy groups -OCH3 is 1. The number of aliphatic imine (C=N–C) groups is 1. The van der Waals surface area contributed by atoms with Gasteiger partial charge in [-0.25, -0.2) is 4.39 Å². The summed E-state index contributed by atoms with van der Waals surface area (Å²) in [6.45, 7) is 3.04. The lowest BCUT2D eigenvalue weighted by Gasteiger charge is -2.09. The maximum atomic E-state index is 13.3. The number of rotatable bonds is 4. The van der Waals surface area contributed by atoms with Crippen molar-refractivity contribution < 1.29 is 9.13 Å². The number of ether oxygens (including phenoxy) is 1. The van der Waals surface area contributed by atoms with E-state index >= 15 is 0 Å². The van der Waals surface area contributed by atoms with E-state index in [1.807, 2.05) is 0 Å². The fourth-order valence-corrected chi connectivity index (χ4v) is 2.96. The molecule has 0 aliphatic carbocycles. The van der Waals surface area contributed by atoms with Gasteiger partial charge < -0.3 is 10.1 Å². The first-order chi connectivity index (χ1) is 8.72. The first kappa shape index (κ1) is 13.2. The van der Waals surface area contributed by atoms with Crippen LogP contribution in [0.3, 0.4) is 0 Å². The lowest BCUT2D eigenvalue weighted by molar-refractivity contribution is 0.387. The van der Waals surface area contributed by atoms with Crippen LogP contribution in [0.1, 0.15) is 19.8 Å². The second-order valence-electron chi connectivity index (χ2n) is 4.15. The van der Waals surface area contributed by atoms with Gasteiger partial charge in [0, 0.05) is 17.0 Å². The van der Waals surface area contributed by atoms with E-state index in [4.69, 9.17) is 4.74 Å². The highest BCUT2D eigenvalue weighted by atomic mass is 32.2. The lowest BCUT2D eigenvalue weighted by Crippen LogP contribution is -2.07. The van der Waals surface area contributed by atoms with Gasteiger partial charge in [-0.15, -0.1) is 0 Å². The van der Waals surface area contributed by atoms with E-state index in [1.54, 1.807) is 23.9 Å². The molecule has 1 aliphatic heterocycles. The Labute approximate surface area is 111 Å². The molecule has 0 saturated carbocycles. The molecule has 18 heavy (non-hydrogen) atoms. The molecule has 1 aliphatic rings. The molecule has 0 spiro atoms. The third-order valence-electron chi connectivity index (χ3n) is 2.73. The smallest absolute Gasteiger partial charge is 0.165 e. The Morgan fingerprint density at radius 1 is 1.56 bits per heavy atom. The molecule has 0 bridgehead atoms. The third-order valence-corrected chi connectivity index (χ3v) is 3.90. The lowest BCUT2D eigenvalue weighted by atomic mass is 10.2. The van der Waals surface area contributed by atoms with Crippen molar-refractivity contribution in [3.05, 3.63) is 24.0 Å². The molecule has 0 fully saturated rings. The first-order valence-corrected chi connectivity index (χ1v) is 6.92. The van der Waals surface area contributed by atoms with Crippen LogP contribution in [0.2, 0.25) is 0 Å². The summed E-state index contributed by atoms with van der Waals surface area (Å²) in [5, 5.41) is 4.67. The molecule has 1 N–H and O–H groups in total. The van der Waals surface area contributed by atoms with E-state index in [0.717, 1.165) is 17.4 Å². The zero-order chi connectivity index (χ0) is 13.0. The average Bonchev–Trinajstić information content (AvgIpc) is 2.80. The van der Waals surface area contributed by atoms with Gasteiger partial charge in [0.1, 0.15) is 0 Å². The van der Waals surface area contributed by atoms with Gasteiger partial charge in [0.2, 0.25) is 0 Å². The van der Waals surface area contributed by atoms with Gasteiger partial charge in [0.05, 0.1) is 13.7 Å².